The molecule has 0 amide bonds. The summed E-state index contributed by atoms with van der Waals surface area (Å²) >= 11 is 5.65. The third-order valence-corrected chi connectivity index (χ3v) is 1.65. The number of aldehydes is 1. The summed E-state index contributed by atoms with van der Waals surface area (Å²) < 4.78 is 0. The van der Waals surface area contributed by atoms with Gasteiger partial charge in [-0.05, 0) is 17.7 Å². The van der Waals surface area contributed by atoms with Gasteiger partial charge in [-0.1, -0.05) is 17.7 Å². The highest BCUT2D eigenvalue weighted by Crippen LogP contribution is 2.17. The second kappa shape index (κ2) is 3.39. The quantitative estimate of drug-likeness (QED) is 0.541. The molecule has 2 nitrogen and oxygen atoms in total. The fraction of sp³-hybridized carbons (Fsp3) is 0.125. The molecule has 0 aromatic heterocycles. The zero-order chi connectivity index (χ0) is 8.27. The van der Waals surface area contributed by atoms with Crippen LogP contribution in [0.25, 0.3) is 0 Å². The number of hydrogen-bond donors (Lipinski definition) is 1. The van der Waals surface area contributed by atoms with Crippen LogP contribution in [0.15, 0.2) is 18.2 Å². The summed E-state index contributed by atoms with van der Waals surface area (Å²) in [5, 5.41) is 0.595. The number of benzene rings is 1. The van der Waals surface area contributed by atoms with Crippen LogP contribution >= 0.6 is 11.6 Å². The maximum atomic E-state index is 10.1. The minimum atomic E-state index is 0.350. The molecule has 58 valence electrons. The number of carbonyl (C=O) groups is 1. The van der Waals surface area contributed by atoms with Gasteiger partial charge in [0.25, 0.3) is 0 Å². The Bertz CT molecular complexity index is 273. The van der Waals surface area contributed by atoms with Crippen molar-refractivity contribution in [1.29, 1.82) is 0 Å². The van der Waals surface area contributed by atoms with Crippen molar-refractivity contribution in [2.45, 2.75) is 6.42 Å². The summed E-state index contributed by atoms with van der Waals surface area (Å²) in [6.45, 7) is 0. The van der Waals surface area contributed by atoms with E-state index >= 15 is 0 Å². The van der Waals surface area contributed by atoms with Crippen LogP contribution in [0.1, 0.15) is 5.56 Å². The van der Waals surface area contributed by atoms with Crippen molar-refractivity contribution in [3.63, 3.8) is 0 Å². The maximum absolute atomic E-state index is 10.1. The number of rotatable bonds is 2. The van der Waals surface area contributed by atoms with Crippen LogP contribution in [0, 0.1) is 0 Å². The second-order valence-electron chi connectivity index (χ2n) is 2.21. The minimum Gasteiger partial charge on any atom is -0.398 e. The van der Waals surface area contributed by atoms with Crippen LogP contribution < -0.4 is 5.73 Å². The van der Waals surface area contributed by atoms with Gasteiger partial charge in [-0.3, -0.25) is 0 Å². The summed E-state index contributed by atoms with van der Waals surface area (Å²) in [5.41, 5.74) is 6.96. The molecule has 2 N–H and O–H groups in total. The molecular weight excluding hydrogens is 162 g/mol. The number of nitrogens with two attached hydrogens (primary N) is 1. The van der Waals surface area contributed by atoms with Crippen LogP contribution in [-0.4, -0.2) is 6.29 Å². The van der Waals surface area contributed by atoms with Gasteiger partial charge >= 0.3 is 0 Å². The first-order chi connectivity index (χ1) is 5.24. The van der Waals surface area contributed by atoms with Crippen molar-refractivity contribution in [3.8, 4) is 0 Å². The normalized spacial score (nSPS) is 9.55. The van der Waals surface area contributed by atoms with Crippen molar-refractivity contribution in [3.05, 3.63) is 28.8 Å². The average molecular weight is 170 g/mol. The molecule has 0 unspecified atom stereocenters. The van der Waals surface area contributed by atoms with Gasteiger partial charge in [0, 0.05) is 17.1 Å². The lowest BCUT2D eigenvalue weighted by molar-refractivity contribution is -0.107. The molecule has 0 radical (unpaired) electrons. The molecule has 0 spiro atoms. The van der Waals surface area contributed by atoms with Crippen molar-refractivity contribution < 1.29 is 4.79 Å². The molecule has 11 heavy (non-hydrogen) atoms. The maximum Gasteiger partial charge on any atom is 0.124 e. The first kappa shape index (κ1) is 8.08. The van der Waals surface area contributed by atoms with Crippen LogP contribution in [0.3, 0.4) is 0 Å². The summed E-state index contributed by atoms with van der Waals surface area (Å²) in [4.78, 5) is 10.1. The Balaban J connectivity index is 2.98. The fourth-order valence-electron chi connectivity index (χ4n) is 0.841. The molecule has 0 atom stereocenters. The first-order valence-corrected chi connectivity index (χ1v) is 3.59. The number of nitrogen functional groups attached to an aromatic ring is 1. The standard InChI is InChI=1S/C8H8ClNO/c9-7-2-1-6(3-4-11)8(10)5-7/h1-2,4-5H,3,10H2. The summed E-state index contributed by atoms with van der Waals surface area (Å²) in [5.74, 6) is 0. The lowest BCUT2D eigenvalue weighted by Crippen LogP contribution is -1.94. The lowest BCUT2D eigenvalue weighted by Gasteiger charge is -2.00. The molecule has 0 saturated carbocycles. The molecule has 0 aliphatic rings. The van der Waals surface area contributed by atoms with Crippen LogP contribution in [0.5, 0.6) is 0 Å². The highest BCUT2D eigenvalue weighted by Gasteiger charge is 1.97. The Morgan fingerprint density at radius 3 is 2.82 bits per heavy atom. The largest absolute Gasteiger partial charge is 0.398 e. The van der Waals surface area contributed by atoms with E-state index in [2.05, 4.69) is 0 Å². The number of carbonyl (C=O) groups excluding carboxylic acids is 1. The molecule has 0 bridgehead atoms. The van der Waals surface area contributed by atoms with E-state index in [4.69, 9.17) is 17.3 Å². The van der Waals surface area contributed by atoms with Crippen LogP contribution in [0.2, 0.25) is 5.02 Å². The van der Waals surface area contributed by atoms with Gasteiger partial charge < -0.3 is 10.5 Å². The van der Waals surface area contributed by atoms with E-state index in [1.807, 2.05) is 0 Å². The number of anilines is 1. The predicted octanol–water partition coefficient (Wildman–Crippen LogP) is 1.66. The van der Waals surface area contributed by atoms with Gasteiger partial charge in [0.15, 0.2) is 0 Å². The summed E-state index contributed by atoms with van der Waals surface area (Å²) in [6, 6.07) is 5.11. The van der Waals surface area contributed by atoms with E-state index in [0.29, 0.717) is 17.1 Å². The lowest BCUT2D eigenvalue weighted by atomic mass is 10.1. The van der Waals surface area contributed by atoms with E-state index < -0.39 is 0 Å². The second-order valence-corrected chi connectivity index (χ2v) is 2.65. The Morgan fingerprint density at radius 1 is 1.55 bits per heavy atom. The molecule has 0 fully saturated rings. The SMILES string of the molecule is Nc1cc(Cl)ccc1CC=O. The summed E-state index contributed by atoms with van der Waals surface area (Å²) in [7, 11) is 0. The van der Waals surface area contributed by atoms with Gasteiger partial charge in [-0.2, -0.15) is 0 Å². The van der Waals surface area contributed by atoms with Gasteiger partial charge in [-0.25, -0.2) is 0 Å². The van der Waals surface area contributed by atoms with Crippen molar-refractivity contribution in [1.82, 2.24) is 0 Å². The molecule has 1 aromatic rings. The van der Waals surface area contributed by atoms with Crippen molar-refractivity contribution in [2.75, 3.05) is 5.73 Å². The predicted molar refractivity (Wildman–Crippen MR) is 45.6 cm³/mol. The molecule has 0 aliphatic carbocycles. The van der Waals surface area contributed by atoms with E-state index in [9.17, 15) is 4.79 Å². The smallest absolute Gasteiger partial charge is 0.124 e. The zero-order valence-electron chi connectivity index (χ0n) is 5.88. The average Bonchev–Trinajstić information content (AvgIpc) is 1.95. The van der Waals surface area contributed by atoms with E-state index in [1.54, 1.807) is 18.2 Å². The Kier molecular flexibility index (Phi) is 2.49. The molecular formula is C8H8ClNO. The van der Waals surface area contributed by atoms with E-state index in [0.717, 1.165) is 11.8 Å². The topological polar surface area (TPSA) is 43.1 Å². The molecule has 0 saturated heterocycles. The third kappa shape index (κ3) is 1.95. The van der Waals surface area contributed by atoms with Crippen LogP contribution in [-0.2, 0) is 11.2 Å². The zero-order valence-corrected chi connectivity index (χ0v) is 6.64. The van der Waals surface area contributed by atoms with Gasteiger partial charge in [0.05, 0.1) is 0 Å². The number of hydrogen-bond acceptors (Lipinski definition) is 2. The number of halogens is 1. The third-order valence-electron chi connectivity index (χ3n) is 1.41. The highest BCUT2D eigenvalue weighted by atomic mass is 35.5. The summed E-state index contributed by atoms with van der Waals surface area (Å²) in [6.07, 6.45) is 1.17. The minimum absolute atomic E-state index is 0.350. The Labute approximate surface area is 70.0 Å². The van der Waals surface area contributed by atoms with Gasteiger partial charge in [0.1, 0.15) is 6.29 Å². The van der Waals surface area contributed by atoms with Gasteiger partial charge in [0.2, 0.25) is 0 Å². The first-order valence-electron chi connectivity index (χ1n) is 3.21. The van der Waals surface area contributed by atoms with Crippen molar-refractivity contribution in [2.24, 2.45) is 0 Å². The molecule has 1 rings (SSSR count). The Morgan fingerprint density at radius 2 is 2.27 bits per heavy atom. The van der Waals surface area contributed by atoms with Gasteiger partial charge in [-0.15, -0.1) is 0 Å². The monoisotopic (exact) mass is 169 g/mol. The van der Waals surface area contributed by atoms with Crippen molar-refractivity contribution >= 4 is 23.6 Å². The molecule has 0 heterocycles. The fourth-order valence-corrected chi connectivity index (χ4v) is 1.02. The van der Waals surface area contributed by atoms with E-state index in [1.165, 1.54) is 0 Å². The Hall–Kier alpha value is -1.02. The van der Waals surface area contributed by atoms with Crippen LogP contribution in [0.4, 0.5) is 5.69 Å². The van der Waals surface area contributed by atoms with E-state index in [-0.39, 0.29) is 0 Å². The molecule has 1 aromatic carbocycles. The molecule has 0 aliphatic heterocycles. The highest BCUT2D eigenvalue weighted by molar-refractivity contribution is 6.30. The molecule has 3 heteroatoms.